The number of nitrogens with two attached hydrogens (primary N) is 1. The standard InChI is InChI=1S/C11H16FN3O/c12-10-5-9(6-14-7-10)11(15-13)8-1-3-16-4-2-8/h5-8,11,15H,1-4,13H2. The number of hydrazine groups is 1. The van der Waals surface area contributed by atoms with Crippen molar-refractivity contribution in [1.82, 2.24) is 10.4 Å². The van der Waals surface area contributed by atoms with E-state index < -0.39 is 0 Å². The Hall–Kier alpha value is -1.04. The molecule has 0 bridgehead atoms. The summed E-state index contributed by atoms with van der Waals surface area (Å²) in [5.74, 6) is 5.59. The molecule has 4 nitrogen and oxygen atoms in total. The van der Waals surface area contributed by atoms with Crippen LogP contribution in [0, 0.1) is 11.7 Å². The number of rotatable bonds is 3. The summed E-state index contributed by atoms with van der Waals surface area (Å²) in [6, 6.07) is 1.43. The number of halogens is 1. The lowest BCUT2D eigenvalue weighted by atomic mass is 9.88. The molecule has 1 unspecified atom stereocenters. The third-order valence-corrected chi connectivity index (χ3v) is 3.00. The summed E-state index contributed by atoms with van der Waals surface area (Å²) in [4.78, 5) is 3.85. The number of hydrogen-bond acceptors (Lipinski definition) is 4. The summed E-state index contributed by atoms with van der Waals surface area (Å²) in [5, 5.41) is 0. The Kier molecular flexibility index (Phi) is 3.82. The fraction of sp³-hybridized carbons (Fsp3) is 0.545. The second-order valence-electron chi connectivity index (χ2n) is 4.03. The molecule has 0 amide bonds. The highest BCUT2D eigenvalue weighted by Crippen LogP contribution is 2.29. The first-order valence-electron chi connectivity index (χ1n) is 5.45. The largest absolute Gasteiger partial charge is 0.381 e. The van der Waals surface area contributed by atoms with Gasteiger partial charge in [-0.05, 0) is 30.4 Å². The van der Waals surface area contributed by atoms with Crippen molar-refractivity contribution in [2.24, 2.45) is 11.8 Å². The molecule has 1 saturated heterocycles. The van der Waals surface area contributed by atoms with Crippen LogP contribution in [0.3, 0.4) is 0 Å². The van der Waals surface area contributed by atoms with Gasteiger partial charge in [0.2, 0.25) is 0 Å². The lowest BCUT2D eigenvalue weighted by Crippen LogP contribution is -2.36. The Morgan fingerprint density at radius 1 is 1.44 bits per heavy atom. The van der Waals surface area contributed by atoms with Crippen LogP contribution in [0.1, 0.15) is 24.4 Å². The molecule has 0 spiro atoms. The van der Waals surface area contributed by atoms with Gasteiger partial charge in [0, 0.05) is 19.4 Å². The van der Waals surface area contributed by atoms with E-state index in [9.17, 15) is 4.39 Å². The van der Waals surface area contributed by atoms with E-state index in [1.165, 1.54) is 12.3 Å². The summed E-state index contributed by atoms with van der Waals surface area (Å²) in [6.07, 6.45) is 4.72. The van der Waals surface area contributed by atoms with Crippen LogP contribution in [0.5, 0.6) is 0 Å². The molecule has 1 aliphatic heterocycles. The Morgan fingerprint density at radius 3 is 2.81 bits per heavy atom. The van der Waals surface area contributed by atoms with Gasteiger partial charge in [-0.1, -0.05) is 0 Å². The van der Waals surface area contributed by atoms with Gasteiger partial charge in [-0.25, -0.2) is 4.39 Å². The van der Waals surface area contributed by atoms with E-state index in [1.54, 1.807) is 6.20 Å². The third kappa shape index (κ3) is 2.55. The van der Waals surface area contributed by atoms with Gasteiger partial charge in [0.05, 0.1) is 12.2 Å². The number of pyridine rings is 1. The highest BCUT2D eigenvalue weighted by atomic mass is 19.1. The monoisotopic (exact) mass is 225 g/mol. The summed E-state index contributed by atoms with van der Waals surface area (Å²) in [6.45, 7) is 1.48. The second kappa shape index (κ2) is 5.34. The number of hydrogen-bond donors (Lipinski definition) is 2. The SMILES string of the molecule is NNC(c1cncc(F)c1)C1CCOCC1. The Balaban J connectivity index is 2.14. The van der Waals surface area contributed by atoms with E-state index in [-0.39, 0.29) is 11.9 Å². The number of nitrogens with one attached hydrogen (secondary N) is 1. The van der Waals surface area contributed by atoms with E-state index in [2.05, 4.69) is 10.4 Å². The zero-order valence-corrected chi connectivity index (χ0v) is 9.03. The number of nitrogens with zero attached hydrogens (tertiary/aromatic N) is 1. The predicted octanol–water partition coefficient (Wildman–Crippen LogP) is 1.15. The van der Waals surface area contributed by atoms with Gasteiger partial charge in [-0.3, -0.25) is 16.3 Å². The van der Waals surface area contributed by atoms with Crippen molar-refractivity contribution in [2.45, 2.75) is 18.9 Å². The molecular formula is C11H16FN3O. The summed E-state index contributed by atoms with van der Waals surface area (Å²) >= 11 is 0. The molecule has 0 aliphatic carbocycles. The average molecular weight is 225 g/mol. The first-order valence-corrected chi connectivity index (χ1v) is 5.45. The van der Waals surface area contributed by atoms with Gasteiger partial charge in [0.1, 0.15) is 5.82 Å². The van der Waals surface area contributed by atoms with Crippen molar-refractivity contribution < 1.29 is 9.13 Å². The van der Waals surface area contributed by atoms with Gasteiger partial charge in [0.25, 0.3) is 0 Å². The molecule has 3 N–H and O–H groups in total. The van der Waals surface area contributed by atoms with Crippen LogP contribution in [0.25, 0.3) is 0 Å². The Morgan fingerprint density at radius 2 is 2.19 bits per heavy atom. The quantitative estimate of drug-likeness (QED) is 0.598. The normalized spacial score (nSPS) is 19.6. The van der Waals surface area contributed by atoms with Gasteiger partial charge >= 0.3 is 0 Å². The third-order valence-electron chi connectivity index (χ3n) is 3.00. The van der Waals surface area contributed by atoms with Crippen LogP contribution < -0.4 is 11.3 Å². The molecule has 0 radical (unpaired) electrons. The zero-order valence-electron chi connectivity index (χ0n) is 9.03. The maximum Gasteiger partial charge on any atom is 0.141 e. The molecule has 88 valence electrons. The minimum Gasteiger partial charge on any atom is -0.381 e. The van der Waals surface area contributed by atoms with E-state index in [4.69, 9.17) is 10.6 Å². The van der Waals surface area contributed by atoms with Gasteiger partial charge in [-0.2, -0.15) is 0 Å². The molecule has 5 heteroatoms. The molecule has 1 fully saturated rings. The smallest absolute Gasteiger partial charge is 0.141 e. The van der Waals surface area contributed by atoms with Crippen LogP contribution in [-0.4, -0.2) is 18.2 Å². The fourth-order valence-electron chi connectivity index (χ4n) is 2.15. The molecule has 0 saturated carbocycles. The highest BCUT2D eigenvalue weighted by Gasteiger charge is 2.24. The summed E-state index contributed by atoms with van der Waals surface area (Å²) in [5.41, 5.74) is 3.55. The highest BCUT2D eigenvalue weighted by molar-refractivity contribution is 5.16. The molecule has 2 heterocycles. The van der Waals surface area contributed by atoms with Gasteiger partial charge in [-0.15, -0.1) is 0 Å². The molecule has 2 rings (SSSR count). The molecule has 1 aliphatic rings. The van der Waals surface area contributed by atoms with Crippen molar-refractivity contribution in [3.05, 3.63) is 29.8 Å². The summed E-state index contributed by atoms with van der Waals surface area (Å²) < 4.78 is 18.4. The van der Waals surface area contributed by atoms with Crippen LogP contribution in [0.4, 0.5) is 4.39 Å². The van der Waals surface area contributed by atoms with Crippen molar-refractivity contribution in [3.8, 4) is 0 Å². The number of ether oxygens (including phenoxy) is 1. The Labute approximate surface area is 94.0 Å². The topological polar surface area (TPSA) is 60.2 Å². The van der Waals surface area contributed by atoms with Crippen molar-refractivity contribution >= 4 is 0 Å². The van der Waals surface area contributed by atoms with Gasteiger partial charge in [0.15, 0.2) is 0 Å². The lowest BCUT2D eigenvalue weighted by Gasteiger charge is -2.29. The molecule has 1 aromatic heterocycles. The maximum atomic E-state index is 13.1. The van der Waals surface area contributed by atoms with Crippen molar-refractivity contribution in [1.29, 1.82) is 0 Å². The molecule has 1 atom stereocenters. The maximum absolute atomic E-state index is 13.1. The Bertz CT molecular complexity index is 342. The fourth-order valence-corrected chi connectivity index (χ4v) is 2.15. The number of aromatic nitrogens is 1. The van der Waals surface area contributed by atoms with E-state index in [1.807, 2.05) is 0 Å². The second-order valence-corrected chi connectivity index (χ2v) is 4.03. The summed E-state index contributed by atoms with van der Waals surface area (Å²) in [7, 11) is 0. The molecule has 1 aromatic rings. The van der Waals surface area contributed by atoms with Crippen molar-refractivity contribution in [2.75, 3.05) is 13.2 Å². The first kappa shape index (κ1) is 11.4. The van der Waals surface area contributed by atoms with Gasteiger partial charge < -0.3 is 4.74 Å². The van der Waals surface area contributed by atoms with Crippen LogP contribution >= 0.6 is 0 Å². The van der Waals surface area contributed by atoms with E-state index >= 15 is 0 Å². The minimum atomic E-state index is -0.329. The average Bonchev–Trinajstić information content (AvgIpc) is 2.31. The lowest BCUT2D eigenvalue weighted by molar-refractivity contribution is 0.0535. The minimum absolute atomic E-state index is 0.0490. The first-order chi connectivity index (χ1) is 7.81. The van der Waals surface area contributed by atoms with Crippen LogP contribution in [-0.2, 0) is 4.74 Å². The molecular weight excluding hydrogens is 209 g/mol. The van der Waals surface area contributed by atoms with Crippen LogP contribution in [0.2, 0.25) is 0 Å². The molecule has 16 heavy (non-hydrogen) atoms. The molecule has 0 aromatic carbocycles. The zero-order chi connectivity index (χ0) is 11.4. The van der Waals surface area contributed by atoms with Crippen molar-refractivity contribution in [3.63, 3.8) is 0 Å². The van der Waals surface area contributed by atoms with E-state index in [0.717, 1.165) is 31.6 Å². The van der Waals surface area contributed by atoms with Crippen LogP contribution in [0.15, 0.2) is 18.5 Å². The predicted molar refractivity (Wildman–Crippen MR) is 57.8 cm³/mol. The van der Waals surface area contributed by atoms with E-state index in [0.29, 0.717) is 5.92 Å².